The van der Waals surface area contributed by atoms with Gasteiger partial charge < -0.3 is 9.88 Å². The molecule has 2 atom stereocenters. The van der Waals surface area contributed by atoms with E-state index in [4.69, 9.17) is 11.6 Å². The summed E-state index contributed by atoms with van der Waals surface area (Å²) in [4.78, 5) is 11.5. The molecular weight excluding hydrogens is 380 g/mol. The maximum absolute atomic E-state index is 11.5. The van der Waals surface area contributed by atoms with E-state index in [1.165, 1.54) is 27.7 Å². The lowest BCUT2D eigenvalue weighted by atomic mass is 10.0. The molecule has 1 aromatic heterocycles. The van der Waals surface area contributed by atoms with E-state index < -0.39 is 0 Å². The van der Waals surface area contributed by atoms with Crippen molar-refractivity contribution in [2.75, 3.05) is 12.4 Å². The van der Waals surface area contributed by atoms with Crippen LogP contribution in [0.4, 0.5) is 0 Å². The first-order chi connectivity index (χ1) is 13.9. The fourth-order valence-corrected chi connectivity index (χ4v) is 5.18. The Morgan fingerprint density at radius 3 is 2.52 bits per heavy atom. The molecule has 2 aromatic carbocycles. The van der Waals surface area contributed by atoms with Crippen molar-refractivity contribution in [1.29, 1.82) is 0 Å². The van der Waals surface area contributed by atoms with Crippen molar-refractivity contribution < 1.29 is 4.79 Å². The summed E-state index contributed by atoms with van der Waals surface area (Å²) in [5, 5.41) is 4.29. The van der Waals surface area contributed by atoms with Gasteiger partial charge >= 0.3 is 0 Å². The summed E-state index contributed by atoms with van der Waals surface area (Å²) in [5.74, 6) is 1.02. The highest BCUT2D eigenvalue weighted by molar-refractivity contribution is 6.27. The first-order valence-electron chi connectivity index (χ1n) is 10.4. The van der Waals surface area contributed by atoms with Gasteiger partial charge in [-0.05, 0) is 47.8 Å². The average molecular weight is 409 g/mol. The van der Waals surface area contributed by atoms with Crippen LogP contribution in [0.2, 0.25) is 0 Å². The Bertz CT molecular complexity index is 1020. The van der Waals surface area contributed by atoms with Crippen LogP contribution < -0.4 is 5.32 Å². The highest BCUT2D eigenvalue weighted by atomic mass is 35.5. The molecule has 4 rings (SSSR count). The Labute approximate surface area is 178 Å². The molecule has 3 nitrogen and oxygen atoms in total. The van der Waals surface area contributed by atoms with Crippen LogP contribution in [0, 0.1) is 18.3 Å². The number of benzene rings is 2. The van der Waals surface area contributed by atoms with Gasteiger partial charge in [0, 0.05) is 29.7 Å². The summed E-state index contributed by atoms with van der Waals surface area (Å²) in [6.45, 7) is 8.55. The summed E-state index contributed by atoms with van der Waals surface area (Å²) in [6.07, 6.45) is 0.984. The molecule has 1 saturated carbocycles. The third kappa shape index (κ3) is 3.69. The molecule has 1 aliphatic carbocycles. The molecule has 4 heteroatoms. The number of nitrogens with one attached hydrogen (secondary N) is 1. The third-order valence-electron chi connectivity index (χ3n) is 6.72. The lowest BCUT2D eigenvalue weighted by Gasteiger charge is -2.10. The van der Waals surface area contributed by atoms with E-state index in [0.29, 0.717) is 18.4 Å². The van der Waals surface area contributed by atoms with Gasteiger partial charge in [0.15, 0.2) is 0 Å². The monoisotopic (exact) mass is 408 g/mol. The van der Waals surface area contributed by atoms with Gasteiger partial charge in [-0.25, -0.2) is 0 Å². The zero-order chi connectivity index (χ0) is 20.6. The summed E-state index contributed by atoms with van der Waals surface area (Å²) < 4.78 is 2.46. The van der Waals surface area contributed by atoms with Crippen LogP contribution in [-0.2, 0) is 11.3 Å². The Hall–Kier alpha value is -2.26. The van der Waals surface area contributed by atoms with Gasteiger partial charge in [-0.1, -0.05) is 62.4 Å². The first-order valence-corrected chi connectivity index (χ1v) is 10.9. The number of amides is 1. The van der Waals surface area contributed by atoms with Crippen LogP contribution >= 0.6 is 11.6 Å². The number of carbonyl (C=O) groups excluding carboxylic acids is 1. The number of fused-ring (bicyclic) bond motifs is 1. The van der Waals surface area contributed by atoms with Crippen LogP contribution in [0.15, 0.2) is 54.6 Å². The number of halogens is 1. The van der Waals surface area contributed by atoms with E-state index in [1.54, 1.807) is 0 Å². The molecule has 3 aromatic rings. The number of carbonyl (C=O) groups is 1. The van der Waals surface area contributed by atoms with Crippen molar-refractivity contribution in [3.05, 3.63) is 71.4 Å². The van der Waals surface area contributed by atoms with E-state index in [0.717, 1.165) is 13.0 Å². The van der Waals surface area contributed by atoms with Crippen LogP contribution in [0.5, 0.6) is 0 Å². The van der Waals surface area contributed by atoms with E-state index >= 15 is 0 Å². The predicted molar refractivity (Wildman–Crippen MR) is 121 cm³/mol. The molecule has 0 radical (unpaired) electrons. The molecule has 0 bridgehead atoms. The number of hydrogen-bond acceptors (Lipinski definition) is 1. The minimum Gasteiger partial charge on any atom is -0.355 e. The molecule has 1 aliphatic rings. The smallest absolute Gasteiger partial charge is 0.234 e. The number of para-hydroxylation sites is 1. The van der Waals surface area contributed by atoms with Crippen LogP contribution in [-0.4, -0.2) is 22.9 Å². The van der Waals surface area contributed by atoms with Gasteiger partial charge in [-0.3, -0.25) is 4.79 Å². The molecule has 1 N–H and O–H groups in total. The molecule has 29 heavy (non-hydrogen) atoms. The van der Waals surface area contributed by atoms with Gasteiger partial charge in [-0.15, -0.1) is 11.6 Å². The van der Waals surface area contributed by atoms with Gasteiger partial charge in [-0.2, -0.15) is 0 Å². The summed E-state index contributed by atoms with van der Waals surface area (Å²) >= 11 is 5.60. The fraction of sp³-hybridized carbons (Fsp3) is 0.400. The molecule has 1 amide bonds. The number of rotatable bonds is 7. The second-order valence-electron chi connectivity index (χ2n) is 8.77. The van der Waals surface area contributed by atoms with Crippen molar-refractivity contribution in [2.45, 2.75) is 39.7 Å². The minimum absolute atomic E-state index is 0.0313. The summed E-state index contributed by atoms with van der Waals surface area (Å²) in [6, 6.07) is 19.4. The number of alkyl halides is 1. The van der Waals surface area contributed by atoms with Gasteiger partial charge in [0.25, 0.3) is 0 Å². The molecule has 152 valence electrons. The Morgan fingerprint density at radius 1 is 1.10 bits per heavy atom. The Morgan fingerprint density at radius 2 is 1.79 bits per heavy atom. The molecule has 0 aliphatic heterocycles. The topological polar surface area (TPSA) is 34.0 Å². The highest BCUT2D eigenvalue weighted by Gasteiger charge is 2.58. The Kier molecular flexibility index (Phi) is 5.44. The standard InChI is InChI=1S/C25H29ClN2O/c1-17-23(24-20(25(24,2)3)13-14-27-22(29)15-26)19-11-7-8-12-21(19)28(17)16-18-9-5-4-6-10-18/h4-12,20,24H,13-16H2,1-3H3,(H,27,29). The molecular formula is C25H29ClN2O. The van der Waals surface area contributed by atoms with E-state index in [1.807, 2.05) is 0 Å². The molecule has 1 heterocycles. The van der Waals surface area contributed by atoms with Gasteiger partial charge in [0.1, 0.15) is 5.88 Å². The third-order valence-corrected chi connectivity index (χ3v) is 6.97. The van der Waals surface area contributed by atoms with Gasteiger partial charge in [0.2, 0.25) is 5.91 Å². The van der Waals surface area contributed by atoms with Crippen molar-refractivity contribution in [1.82, 2.24) is 9.88 Å². The largest absolute Gasteiger partial charge is 0.355 e. The number of aromatic nitrogens is 1. The number of hydrogen-bond donors (Lipinski definition) is 1. The normalized spacial score (nSPS) is 20.0. The molecule has 0 saturated heterocycles. The molecule has 0 spiro atoms. The van der Waals surface area contributed by atoms with Crippen LogP contribution in [0.3, 0.4) is 0 Å². The second-order valence-corrected chi connectivity index (χ2v) is 9.03. The zero-order valence-corrected chi connectivity index (χ0v) is 18.2. The van der Waals surface area contributed by atoms with Crippen molar-refractivity contribution in [3.63, 3.8) is 0 Å². The van der Waals surface area contributed by atoms with Crippen LogP contribution in [0.1, 0.15) is 43.0 Å². The first kappa shape index (κ1) is 20.0. The number of nitrogens with zero attached hydrogens (tertiary/aromatic N) is 1. The van der Waals surface area contributed by atoms with Crippen molar-refractivity contribution in [2.24, 2.45) is 11.3 Å². The molecule has 2 unspecified atom stereocenters. The second kappa shape index (κ2) is 7.87. The zero-order valence-electron chi connectivity index (χ0n) is 17.4. The highest BCUT2D eigenvalue weighted by Crippen LogP contribution is 2.67. The maximum atomic E-state index is 11.5. The average Bonchev–Trinajstić information content (AvgIpc) is 3.14. The fourth-order valence-electron chi connectivity index (χ4n) is 5.09. The predicted octanol–water partition coefficient (Wildman–Crippen LogP) is 5.48. The van der Waals surface area contributed by atoms with Crippen molar-refractivity contribution >= 4 is 28.4 Å². The summed E-state index contributed by atoms with van der Waals surface area (Å²) in [7, 11) is 0. The Balaban J connectivity index is 1.66. The van der Waals surface area contributed by atoms with E-state index in [-0.39, 0.29) is 17.2 Å². The summed E-state index contributed by atoms with van der Waals surface area (Å²) in [5.41, 5.74) is 5.70. The quantitative estimate of drug-likeness (QED) is 0.516. The lowest BCUT2D eigenvalue weighted by Crippen LogP contribution is -2.25. The molecule has 1 fully saturated rings. The van der Waals surface area contributed by atoms with Gasteiger partial charge in [0.05, 0.1) is 0 Å². The van der Waals surface area contributed by atoms with E-state index in [2.05, 4.69) is 85.3 Å². The van der Waals surface area contributed by atoms with E-state index in [9.17, 15) is 4.79 Å². The minimum atomic E-state index is -0.0858. The maximum Gasteiger partial charge on any atom is 0.234 e. The van der Waals surface area contributed by atoms with Crippen molar-refractivity contribution in [3.8, 4) is 0 Å². The lowest BCUT2D eigenvalue weighted by molar-refractivity contribution is -0.118. The SMILES string of the molecule is Cc1c(C2C(CCNC(=O)CCl)C2(C)C)c2ccccc2n1Cc1ccccc1. The van der Waals surface area contributed by atoms with Crippen LogP contribution in [0.25, 0.3) is 10.9 Å².